The van der Waals surface area contributed by atoms with Crippen molar-refractivity contribution in [2.45, 2.75) is 82.6 Å². The van der Waals surface area contributed by atoms with E-state index in [1.165, 1.54) is 0 Å². The van der Waals surface area contributed by atoms with Gasteiger partial charge < -0.3 is 26.0 Å². The van der Waals surface area contributed by atoms with Crippen LogP contribution in [0.25, 0.3) is 10.8 Å². The molecule has 0 radical (unpaired) electrons. The van der Waals surface area contributed by atoms with E-state index in [0.717, 1.165) is 34.7 Å². The lowest BCUT2D eigenvalue weighted by Gasteiger charge is -2.25. The van der Waals surface area contributed by atoms with Crippen LogP contribution in [-0.4, -0.2) is 47.5 Å². The van der Waals surface area contributed by atoms with Crippen molar-refractivity contribution in [2.75, 3.05) is 0 Å². The first kappa shape index (κ1) is 32.5. The molecule has 5 rings (SSSR count). The van der Waals surface area contributed by atoms with E-state index in [9.17, 15) is 24.4 Å². The quantitative estimate of drug-likeness (QED) is 0.223. The van der Waals surface area contributed by atoms with Gasteiger partial charge in [-0.1, -0.05) is 85.6 Å². The van der Waals surface area contributed by atoms with Gasteiger partial charge in [0.05, 0.1) is 6.07 Å². The van der Waals surface area contributed by atoms with Gasteiger partial charge in [0.1, 0.15) is 24.7 Å². The fourth-order valence-corrected chi connectivity index (χ4v) is 6.08. The van der Waals surface area contributed by atoms with Gasteiger partial charge in [0, 0.05) is 17.9 Å². The zero-order valence-electron chi connectivity index (χ0n) is 26.3. The fraction of sp³-hybridized carbons (Fsp3) is 0.417. The van der Waals surface area contributed by atoms with Crippen LogP contribution >= 0.6 is 0 Å². The molecule has 0 spiro atoms. The second-order valence-electron chi connectivity index (χ2n) is 13.0. The average molecular weight is 624 g/mol. The highest BCUT2D eigenvalue weighted by Crippen LogP contribution is 2.34. The summed E-state index contributed by atoms with van der Waals surface area (Å²) in [5, 5.41) is 23.1. The Balaban J connectivity index is 1.30. The molecule has 4 atom stereocenters. The summed E-state index contributed by atoms with van der Waals surface area (Å²) in [5.41, 5.74) is 1.29. The Hall–Kier alpha value is -4.91. The third kappa shape index (κ3) is 8.84. The summed E-state index contributed by atoms with van der Waals surface area (Å²) in [6, 6.07) is 22.1. The minimum absolute atomic E-state index is 0.0355. The summed E-state index contributed by atoms with van der Waals surface area (Å²) >= 11 is 0. The van der Waals surface area contributed by atoms with E-state index in [1.54, 1.807) is 0 Å². The molecular weight excluding hydrogens is 582 g/mol. The molecular formula is C36H41N5O5. The molecule has 1 saturated heterocycles. The summed E-state index contributed by atoms with van der Waals surface area (Å²) in [6.45, 7) is 3.88. The van der Waals surface area contributed by atoms with Gasteiger partial charge in [-0.05, 0) is 60.9 Å². The summed E-state index contributed by atoms with van der Waals surface area (Å²) in [6.07, 6.45) is 2.45. The highest BCUT2D eigenvalue weighted by Gasteiger charge is 2.39. The number of amides is 4. The molecule has 46 heavy (non-hydrogen) atoms. The summed E-state index contributed by atoms with van der Waals surface area (Å²) in [7, 11) is 0. The number of benzene rings is 3. The first-order chi connectivity index (χ1) is 22.1. The van der Waals surface area contributed by atoms with Gasteiger partial charge in [-0.25, -0.2) is 4.79 Å². The maximum atomic E-state index is 13.9. The number of nitrogens with zero attached hydrogens (tertiary/aromatic N) is 1. The Bertz CT molecular complexity index is 1610. The minimum Gasteiger partial charge on any atom is -0.445 e. The van der Waals surface area contributed by atoms with E-state index in [-0.39, 0.29) is 36.8 Å². The standard InChI is InChI=1S/C36H41N5O5/c1-36(2)20-27(32(42)41-36)18-28(21-37)38-33(43)30(17-23-15-16-23)39-34(44)31(40-35(45)46-22-24-9-4-3-5-10-24)19-26-13-8-12-25-11-6-7-14-29(25)26/h3-14,23,27-28,30-31H,15-20,22H2,1-2H3,(H,38,43)(H,39,44)(H,40,45)(H,41,42)/t27-,28+,30+,31+/m1/s1. The molecule has 3 aromatic rings. The Kier molecular flexibility index (Phi) is 10.2. The second-order valence-corrected chi connectivity index (χ2v) is 13.0. The highest BCUT2D eigenvalue weighted by atomic mass is 16.5. The summed E-state index contributed by atoms with van der Waals surface area (Å²) in [5.74, 6) is -1.27. The van der Waals surface area contributed by atoms with Crippen molar-refractivity contribution in [1.29, 1.82) is 5.26 Å². The van der Waals surface area contributed by atoms with E-state index >= 15 is 0 Å². The van der Waals surface area contributed by atoms with Gasteiger partial charge >= 0.3 is 6.09 Å². The van der Waals surface area contributed by atoms with Crippen molar-refractivity contribution >= 4 is 34.6 Å². The first-order valence-electron chi connectivity index (χ1n) is 15.9. The van der Waals surface area contributed by atoms with Crippen LogP contribution in [0, 0.1) is 23.2 Å². The number of hydrogen-bond acceptors (Lipinski definition) is 6. The molecule has 4 N–H and O–H groups in total. The lowest BCUT2D eigenvalue weighted by Crippen LogP contribution is -2.55. The normalized spacial score (nSPS) is 18.8. The van der Waals surface area contributed by atoms with Crippen LogP contribution < -0.4 is 21.3 Å². The van der Waals surface area contributed by atoms with Crippen LogP contribution in [0.1, 0.15) is 57.1 Å². The van der Waals surface area contributed by atoms with E-state index in [2.05, 4.69) is 27.3 Å². The molecule has 1 aliphatic carbocycles. The molecule has 1 heterocycles. The molecule has 240 valence electrons. The number of rotatable bonds is 13. The van der Waals surface area contributed by atoms with Crippen molar-refractivity contribution in [3.05, 3.63) is 83.9 Å². The van der Waals surface area contributed by atoms with Crippen molar-refractivity contribution in [3.8, 4) is 6.07 Å². The Morgan fingerprint density at radius 2 is 1.61 bits per heavy atom. The van der Waals surface area contributed by atoms with Crippen molar-refractivity contribution in [2.24, 2.45) is 11.8 Å². The van der Waals surface area contributed by atoms with Crippen LogP contribution in [0.5, 0.6) is 0 Å². The number of carbonyl (C=O) groups excluding carboxylic acids is 4. The molecule has 2 aliphatic rings. The second kappa shape index (κ2) is 14.5. The monoisotopic (exact) mass is 623 g/mol. The van der Waals surface area contributed by atoms with Crippen molar-refractivity contribution < 1.29 is 23.9 Å². The molecule has 0 unspecified atom stereocenters. The van der Waals surface area contributed by atoms with Gasteiger partial charge in [-0.2, -0.15) is 5.26 Å². The van der Waals surface area contributed by atoms with Crippen molar-refractivity contribution in [1.82, 2.24) is 21.3 Å². The number of hydrogen-bond donors (Lipinski definition) is 4. The SMILES string of the molecule is CC1(C)C[C@@H](C[C@@H](C#N)NC(=O)[C@H](CC2CC2)NC(=O)[C@H](Cc2cccc3ccccc23)NC(=O)OCc2ccccc2)C(=O)N1. The summed E-state index contributed by atoms with van der Waals surface area (Å²) < 4.78 is 5.44. The van der Waals surface area contributed by atoms with Gasteiger partial charge in [0.15, 0.2) is 0 Å². The number of fused-ring (bicyclic) bond motifs is 1. The third-order valence-corrected chi connectivity index (χ3v) is 8.61. The lowest BCUT2D eigenvalue weighted by atomic mass is 9.92. The Morgan fingerprint density at radius 1 is 0.913 bits per heavy atom. The average Bonchev–Trinajstić information content (AvgIpc) is 3.82. The zero-order valence-corrected chi connectivity index (χ0v) is 26.3. The van der Waals surface area contributed by atoms with Crippen LogP contribution in [-0.2, 0) is 32.1 Å². The van der Waals surface area contributed by atoms with Gasteiger partial charge in [0.2, 0.25) is 17.7 Å². The van der Waals surface area contributed by atoms with Crippen LogP contribution in [0.3, 0.4) is 0 Å². The molecule has 0 aromatic heterocycles. The maximum Gasteiger partial charge on any atom is 0.408 e. The number of carbonyl (C=O) groups is 4. The number of nitrogens with one attached hydrogen (secondary N) is 4. The predicted molar refractivity (Wildman–Crippen MR) is 173 cm³/mol. The highest BCUT2D eigenvalue weighted by molar-refractivity contribution is 5.93. The minimum atomic E-state index is -1.04. The third-order valence-electron chi connectivity index (χ3n) is 8.61. The topological polar surface area (TPSA) is 149 Å². The molecule has 1 aliphatic heterocycles. The number of ether oxygens (including phenoxy) is 1. The van der Waals surface area contributed by atoms with E-state index in [0.29, 0.717) is 12.8 Å². The van der Waals surface area contributed by atoms with Crippen molar-refractivity contribution in [3.63, 3.8) is 0 Å². The number of nitriles is 1. The van der Waals surface area contributed by atoms with Crippen LogP contribution in [0.2, 0.25) is 0 Å². The van der Waals surface area contributed by atoms with E-state index in [1.807, 2.05) is 86.6 Å². The van der Waals surface area contributed by atoms with Gasteiger partial charge in [0.25, 0.3) is 0 Å². The maximum absolute atomic E-state index is 13.9. The molecule has 1 saturated carbocycles. The van der Waals surface area contributed by atoms with Crippen LogP contribution in [0.4, 0.5) is 4.79 Å². The Morgan fingerprint density at radius 3 is 2.30 bits per heavy atom. The van der Waals surface area contributed by atoms with E-state index < -0.39 is 42.0 Å². The first-order valence-corrected chi connectivity index (χ1v) is 15.9. The smallest absolute Gasteiger partial charge is 0.408 e. The molecule has 2 fully saturated rings. The predicted octanol–water partition coefficient (Wildman–Crippen LogP) is 4.28. The van der Waals surface area contributed by atoms with Gasteiger partial charge in [-0.3, -0.25) is 14.4 Å². The largest absolute Gasteiger partial charge is 0.445 e. The summed E-state index contributed by atoms with van der Waals surface area (Å²) in [4.78, 5) is 52.8. The fourth-order valence-electron chi connectivity index (χ4n) is 6.08. The molecule has 3 aromatic carbocycles. The zero-order chi connectivity index (χ0) is 32.7. The van der Waals surface area contributed by atoms with Crippen LogP contribution in [0.15, 0.2) is 72.8 Å². The molecule has 10 heteroatoms. The van der Waals surface area contributed by atoms with Gasteiger partial charge in [-0.15, -0.1) is 0 Å². The number of alkyl carbamates (subject to hydrolysis) is 1. The Labute approximate surface area is 269 Å². The van der Waals surface area contributed by atoms with E-state index in [4.69, 9.17) is 4.74 Å². The molecule has 0 bridgehead atoms. The lowest BCUT2D eigenvalue weighted by molar-refractivity contribution is -0.130. The molecule has 10 nitrogen and oxygen atoms in total. The molecule has 4 amide bonds.